The summed E-state index contributed by atoms with van der Waals surface area (Å²) in [6.07, 6.45) is 1.25. The van der Waals surface area contributed by atoms with Gasteiger partial charge in [0.1, 0.15) is 13.1 Å². The van der Waals surface area contributed by atoms with Gasteiger partial charge in [-0.1, -0.05) is 27.7 Å². The summed E-state index contributed by atoms with van der Waals surface area (Å²) in [4.78, 5) is 0. The monoisotopic (exact) mass is 188 g/mol. The molecular formula is C11H28N2+2. The molecule has 3 heterocycles. The summed E-state index contributed by atoms with van der Waals surface area (Å²) in [6.45, 7) is 13.6. The summed E-state index contributed by atoms with van der Waals surface area (Å²) in [5.41, 5.74) is 0. The van der Waals surface area contributed by atoms with Crippen molar-refractivity contribution in [2.45, 2.75) is 34.6 Å². The molecule has 0 aromatic carbocycles. The molecular weight excluding hydrogens is 160 g/mol. The smallest absolute Gasteiger partial charge is 0.216 e. The highest BCUT2D eigenvalue weighted by Crippen LogP contribution is 2.33. The van der Waals surface area contributed by atoms with Gasteiger partial charge in [0, 0.05) is 0 Å². The maximum absolute atomic E-state index is 2.37. The van der Waals surface area contributed by atoms with Gasteiger partial charge in [-0.2, -0.15) is 0 Å². The summed E-state index contributed by atoms with van der Waals surface area (Å²) in [6, 6.07) is 0. The van der Waals surface area contributed by atoms with Crippen LogP contribution in [-0.2, 0) is 0 Å². The third-order valence-corrected chi connectivity index (χ3v) is 3.07. The van der Waals surface area contributed by atoms with Crippen LogP contribution in [0.5, 0.6) is 0 Å². The number of likely N-dealkylation sites (N-methyl/N-ethyl adjacent to an activating group) is 2. The first-order chi connectivity index (χ1) is 5.60. The second kappa shape index (κ2) is 4.43. The maximum Gasteiger partial charge on any atom is 0.216 e. The Morgan fingerprint density at radius 3 is 1.62 bits per heavy atom. The summed E-state index contributed by atoms with van der Waals surface area (Å²) in [5, 5.41) is 0. The van der Waals surface area contributed by atoms with Crippen LogP contribution in [0.4, 0.5) is 0 Å². The van der Waals surface area contributed by atoms with Crippen LogP contribution in [0.25, 0.3) is 0 Å². The quantitative estimate of drug-likeness (QED) is 0.554. The molecule has 2 heteroatoms. The van der Waals surface area contributed by atoms with Crippen molar-refractivity contribution in [2.24, 2.45) is 0 Å². The van der Waals surface area contributed by atoms with Crippen molar-refractivity contribution in [3.8, 4) is 0 Å². The van der Waals surface area contributed by atoms with Gasteiger partial charge < -0.3 is 0 Å². The highest BCUT2D eigenvalue weighted by Gasteiger charge is 2.59. The number of fused-ring (bicyclic) bond motifs is 1. The van der Waals surface area contributed by atoms with Crippen molar-refractivity contribution in [3.05, 3.63) is 0 Å². The van der Waals surface area contributed by atoms with E-state index in [0.29, 0.717) is 0 Å². The van der Waals surface area contributed by atoms with Crippen LogP contribution in [0.1, 0.15) is 34.6 Å². The predicted molar refractivity (Wildman–Crippen MR) is 59.1 cm³/mol. The molecule has 0 unspecified atom stereocenters. The Balaban J connectivity index is 0.000000324. The minimum atomic E-state index is 0. The Labute approximate surface area is 84.3 Å². The fourth-order valence-corrected chi connectivity index (χ4v) is 2.50. The topological polar surface area (TPSA) is 0 Å². The van der Waals surface area contributed by atoms with Crippen molar-refractivity contribution in [1.82, 2.24) is 0 Å². The highest BCUT2D eigenvalue weighted by molar-refractivity contribution is 4.52. The molecule has 0 aromatic rings. The molecule has 3 saturated heterocycles. The molecule has 3 fully saturated rings. The van der Waals surface area contributed by atoms with Crippen molar-refractivity contribution in [1.29, 1.82) is 0 Å². The van der Waals surface area contributed by atoms with Gasteiger partial charge in [-0.3, -0.25) is 0 Å². The average molecular weight is 188 g/mol. The highest BCUT2D eigenvalue weighted by atomic mass is 15.7. The van der Waals surface area contributed by atoms with Gasteiger partial charge in [-0.05, 0) is 6.92 Å². The first-order valence-corrected chi connectivity index (χ1v) is 5.28. The normalized spacial score (nSPS) is 39.7. The molecule has 2 nitrogen and oxygen atoms in total. The molecule has 13 heavy (non-hydrogen) atoms. The second-order valence-corrected chi connectivity index (χ2v) is 4.71. The van der Waals surface area contributed by atoms with E-state index in [2.05, 4.69) is 27.8 Å². The number of hydrogen-bond donors (Lipinski definition) is 0. The first-order valence-electron chi connectivity index (χ1n) is 5.28. The van der Waals surface area contributed by atoms with Crippen LogP contribution in [0.3, 0.4) is 0 Å². The Hall–Kier alpha value is -0.0800. The molecule has 0 N–H and O–H groups in total. The lowest BCUT2D eigenvalue weighted by Crippen LogP contribution is -2.68. The van der Waals surface area contributed by atoms with Crippen LogP contribution < -0.4 is 0 Å². The fourth-order valence-electron chi connectivity index (χ4n) is 2.50. The largest absolute Gasteiger partial charge is 0.229 e. The first kappa shape index (κ1) is 12.9. The number of rotatable bonds is 1. The zero-order valence-electron chi connectivity index (χ0n) is 9.14. The van der Waals surface area contributed by atoms with E-state index in [9.17, 15) is 0 Å². The van der Waals surface area contributed by atoms with Crippen LogP contribution in [0, 0.1) is 0 Å². The van der Waals surface area contributed by atoms with E-state index in [4.69, 9.17) is 0 Å². The lowest BCUT2D eigenvalue weighted by atomic mass is 10.4. The molecule has 3 aliphatic rings. The molecule has 0 atom stereocenters. The van der Waals surface area contributed by atoms with Crippen molar-refractivity contribution >= 4 is 0 Å². The Morgan fingerprint density at radius 2 is 1.46 bits per heavy atom. The molecule has 3 aliphatic heterocycles. The maximum atomic E-state index is 2.37. The van der Waals surface area contributed by atoms with Gasteiger partial charge in [0.15, 0.2) is 0 Å². The molecule has 0 spiro atoms. The standard InChI is InChI=1S/C7H16N2.C3H8.CH4/c1-3-9-5-4-8(2,6-9)7-9;1-3-2;/h3-7H2,1-2H3;3H2,1-2H3;1H4/q+2;;. The van der Waals surface area contributed by atoms with Gasteiger partial charge in [0.25, 0.3) is 0 Å². The minimum Gasteiger partial charge on any atom is -0.229 e. The Morgan fingerprint density at radius 1 is 1.00 bits per heavy atom. The van der Waals surface area contributed by atoms with Crippen molar-refractivity contribution in [3.63, 3.8) is 0 Å². The minimum absolute atomic E-state index is 0. The van der Waals surface area contributed by atoms with E-state index < -0.39 is 0 Å². The van der Waals surface area contributed by atoms with E-state index >= 15 is 0 Å². The Bertz CT molecular complexity index is 148. The summed E-state index contributed by atoms with van der Waals surface area (Å²) in [5.74, 6) is 0. The fraction of sp³-hybridized carbons (Fsp3) is 1.00. The third kappa shape index (κ3) is 2.44. The summed E-state index contributed by atoms with van der Waals surface area (Å²) < 4.78 is 2.77. The van der Waals surface area contributed by atoms with Gasteiger partial charge in [0.05, 0.1) is 13.6 Å². The molecule has 0 aliphatic carbocycles. The van der Waals surface area contributed by atoms with Crippen molar-refractivity contribution in [2.75, 3.05) is 40.0 Å². The molecule has 0 amide bonds. The van der Waals surface area contributed by atoms with Crippen LogP contribution in [-0.4, -0.2) is 49.0 Å². The molecule has 2 bridgehead atoms. The van der Waals surface area contributed by atoms with Crippen molar-refractivity contribution < 1.29 is 8.97 Å². The van der Waals surface area contributed by atoms with Crippen LogP contribution >= 0.6 is 0 Å². The second-order valence-electron chi connectivity index (χ2n) is 4.71. The lowest BCUT2D eigenvalue weighted by Gasteiger charge is -2.44. The van der Waals surface area contributed by atoms with Gasteiger partial charge >= 0.3 is 0 Å². The zero-order valence-corrected chi connectivity index (χ0v) is 9.14. The van der Waals surface area contributed by atoms with E-state index in [0.717, 1.165) is 0 Å². The average Bonchev–Trinajstić information content (AvgIpc) is 2.44. The van der Waals surface area contributed by atoms with Crippen LogP contribution in [0.15, 0.2) is 0 Å². The van der Waals surface area contributed by atoms with Gasteiger partial charge in [-0.25, -0.2) is 8.97 Å². The molecule has 0 saturated carbocycles. The molecule has 0 aromatic heterocycles. The summed E-state index contributed by atoms with van der Waals surface area (Å²) >= 11 is 0. The predicted octanol–water partition coefficient (Wildman–Crippen LogP) is 2.26. The molecule has 0 radical (unpaired) electrons. The van der Waals surface area contributed by atoms with E-state index in [-0.39, 0.29) is 7.43 Å². The zero-order chi connectivity index (χ0) is 9.24. The summed E-state index contributed by atoms with van der Waals surface area (Å²) in [7, 11) is 2.37. The third-order valence-electron chi connectivity index (χ3n) is 3.07. The van der Waals surface area contributed by atoms with Gasteiger partial charge in [-0.15, -0.1) is 0 Å². The van der Waals surface area contributed by atoms with Gasteiger partial charge in [0.2, 0.25) is 13.3 Å². The lowest BCUT2D eigenvalue weighted by molar-refractivity contribution is -1.21. The molecule has 80 valence electrons. The number of hydrogen-bond acceptors (Lipinski definition) is 0. The Kier molecular flexibility index (Phi) is 4.40. The SMILES string of the molecule is C.CCC.CC[N+]12CC[N+](C)(C1)C2. The van der Waals surface area contributed by atoms with Crippen LogP contribution in [0.2, 0.25) is 0 Å². The van der Waals surface area contributed by atoms with E-state index in [1.165, 1.54) is 48.4 Å². The van der Waals surface area contributed by atoms with E-state index in [1.54, 1.807) is 0 Å². The van der Waals surface area contributed by atoms with E-state index in [1.807, 2.05) is 0 Å². The molecule has 3 rings (SSSR count). The number of quaternary nitrogens is 2. The number of nitrogens with zero attached hydrogens (tertiary/aromatic N) is 2.